The first-order chi connectivity index (χ1) is 11.2. The molecule has 0 radical (unpaired) electrons. The van der Waals surface area contributed by atoms with Gasteiger partial charge in [-0.1, -0.05) is 26.0 Å². The monoisotopic (exact) mass is 319 g/mol. The van der Waals surface area contributed by atoms with Gasteiger partial charge in [0.2, 0.25) is 0 Å². The van der Waals surface area contributed by atoms with E-state index in [0.717, 1.165) is 50.5 Å². The minimum absolute atomic E-state index is 0.0662. The number of amides is 2. The van der Waals surface area contributed by atoms with Crippen LogP contribution in [-0.4, -0.2) is 49.8 Å². The molecule has 1 aliphatic rings. The van der Waals surface area contributed by atoms with Crippen molar-refractivity contribution in [3.05, 3.63) is 24.3 Å². The van der Waals surface area contributed by atoms with E-state index in [1.807, 2.05) is 30.0 Å². The average molecular weight is 319 g/mol. The molecular weight excluding hydrogens is 290 g/mol. The van der Waals surface area contributed by atoms with Crippen molar-refractivity contribution in [2.24, 2.45) is 0 Å². The molecule has 0 bridgehead atoms. The van der Waals surface area contributed by atoms with Crippen molar-refractivity contribution in [3.63, 3.8) is 0 Å². The van der Waals surface area contributed by atoms with Crippen LogP contribution in [0.3, 0.4) is 0 Å². The maximum atomic E-state index is 12.3. The number of carbonyl (C=O) groups is 1. The fourth-order valence-corrected chi connectivity index (χ4v) is 2.91. The Morgan fingerprint density at radius 2 is 1.78 bits per heavy atom. The van der Waals surface area contributed by atoms with E-state index in [9.17, 15) is 4.79 Å². The standard InChI is InChI=1S/C18H29N3O2/c1-4-15(5-2)19-18(22)21-13-11-20(12-14-21)16-9-7-8-10-17(16)23-6-3/h7-10,15H,4-6,11-14H2,1-3H3,(H,19,22). The highest BCUT2D eigenvalue weighted by Gasteiger charge is 2.23. The molecule has 128 valence electrons. The summed E-state index contributed by atoms with van der Waals surface area (Å²) in [5.41, 5.74) is 1.12. The Bertz CT molecular complexity index is 495. The van der Waals surface area contributed by atoms with Crippen LogP contribution in [0.2, 0.25) is 0 Å². The molecule has 23 heavy (non-hydrogen) atoms. The molecule has 1 aromatic carbocycles. The van der Waals surface area contributed by atoms with Crippen molar-refractivity contribution in [2.45, 2.75) is 39.7 Å². The van der Waals surface area contributed by atoms with Crippen LogP contribution in [0.15, 0.2) is 24.3 Å². The van der Waals surface area contributed by atoms with Crippen molar-refractivity contribution in [1.29, 1.82) is 0 Å². The summed E-state index contributed by atoms with van der Waals surface area (Å²) < 4.78 is 5.71. The zero-order valence-electron chi connectivity index (χ0n) is 14.5. The van der Waals surface area contributed by atoms with Gasteiger partial charge in [-0.2, -0.15) is 0 Å². The molecule has 0 atom stereocenters. The van der Waals surface area contributed by atoms with E-state index in [4.69, 9.17) is 4.74 Å². The average Bonchev–Trinajstić information content (AvgIpc) is 2.60. The molecule has 5 heteroatoms. The van der Waals surface area contributed by atoms with E-state index in [-0.39, 0.29) is 12.1 Å². The summed E-state index contributed by atoms with van der Waals surface area (Å²) in [6, 6.07) is 8.46. The minimum Gasteiger partial charge on any atom is -0.492 e. The second-order valence-electron chi connectivity index (χ2n) is 5.84. The summed E-state index contributed by atoms with van der Waals surface area (Å²) in [6.07, 6.45) is 1.95. The first-order valence-corrected chi connectivity index (χ1v) is 8.71. The molecule has 0 aliphatic carbocycles. The van der Waals surface area contributed by atoms with Gasteiger partial charge in [0.15, 0.2) is 0 Å². The lowest BCUT2D eigenvalue weighted by atomic mass is 10.2. The lowest BCUT2D eigenvalue weighted by Crippen LogP contribution is -2.53. The molecule has 1 fully saturated rings. The number of hydrogen-bond acceptors (Lipinski definition) is 3. The van der Waals surface area contributed by atoms with E-state index < -0.39 is 0 Å². The first-order valence-electron chi connectivity index (χ1n) is 8.71. The molecule has 1 aromatic rings. The molecule has 5 nitrogen and oxygen atoms in total. The first kappa shape index (κ1) is 17.4. The highest BCUT2D eigenvalue weighted by molar-refractivity contribution is 5.75. The van der Waals surface area contributed by atoms with Gasteiger partial charge in [-0.25, -0.2) is 4.79 Å². The van der Waals surface area contributed by atoms with Gasteiger partial charge in [-0.3, -0.25) is 0 Å². The number of rotatable bonds is 6. The smallest absolute Gasteiger partial charge is 0.317 e. The summed E-state index contributed by atoms with van der Waals surface area (Å²) >= 11 is 0. The van der Waals surface area contributed by atoms with E-state index in [1.165, 1.54) is 0 Å². The second-order valence-corrected chi connectivity index (χ2v) is 5.84. The molecule has 1 N–H and O–H groups in total. The van der Waals surface area contributed by atoms with E-state index in [1.54, 1.807) is 0 Å². The van der Waals surface area contributed by atoms with Gasteiger partial charge in [0.1, 0.15) is 5.75 Å². The zero-order valence-corrected chi connectivity index (χ0v) is 14.5. The number of benzene rings is 1. The third kappa shape index (κ3) is 4.53. The van der Waals surface area contributed by atoms with Crippen LogP contribution in [0.4, 0.5) is 10.5 Å². The molecule has 2 amide bonds. The lowest BCUT2D eigenvalue weighted by molar-refractivity contribution is 0.189. The molecular formula is C18H29N3O2. The minimum atomic E-state index is 0.0662. The fourth-order valence-electron chi connectivity index (χ4n) is 2.91. The maximum Gasteiger partial charge on any atom is 0.317 e. The predicted octanol–water partition coefficient (Wildman–Crippen LogP) is 3.11. The molecule has 1 heterocycles. The number of hydrogen-bond donors (Lipinski definition) is 1. The molecule has 0 saturated carbocycles. The van der Waals surface area contributed by atoms with Crippen molar-refractivity contribution < 1.29 is 9.53 Å². The van der Waals surface area contributed by atoms with Gasteiger partial charge < -0.3 is 19.9 Å². The Kier molecular flexibility index (Phi) is 6.56. The van der Waals surface area contributed by atoms with Crippen molar-refractivity contribution >= 4 is 11.7 Å². The topological polar surface area (TPSA) is 44.8 Å². The summed E-state index contributed by atoms with van der Waals surface area (Å²) in [6.45, 7) is 10.0. The van der Waals surface area contributed by atoms with Crippen LogP contribution >= 0.6 is 0 Å². The van der Waals surface area contributed by atoms with Crippen molar-refractivity contribution in [1.82, 2.24) is 10.2 Å². The van der Waals surface area contributed by atoms with E-state index in [2.05, 4.69) is 30.1 Å². The van der Waals surface area contributed by atoms with Crippen LogP contribution in [0.5, 0.6) is 5.75 Å². The quantitative estimate of drug-likeness (QED) is 0.876. The molecule has 1 saturated heterocycles. The number of nitrogens with zero attached hydrogens (tertiary/aromatic N) is 2. The highest BCUT2D eigenvalue weighted by atomic mass is 16.5. The highest BCUT2D eigenvalue weighted by Crippen LogP contribution is 2.28. The van der Waals surface area contributed by atoms with Gasteiger partial charge in [-0.15, -0.1) is 0 Å². The van der Waals surface area contributed by atoms with Crippen LogP contribution < -0.4 is 15.0 Å². The van der Waals surface area contributed by atoms with E-state index >= 15 is 0 Å². The number of carbonyl (C=O) groups excluding carboxylic acids is 1. The van der Waals surface area contributed by atoms with Crippen LogP contribution in [0.1, 0.15) is 33.6 Å². The van der Waals surface area contributed by atoms with Gasteiger partial charge in [0.05, 0.1) is 12.3 Å². The van der Waals surface area contributed by atoms with Gasteiger partial charge in [0, 0.05) is 32.2 Å². The zero-order chi connectivity index (χ0) is 16.7. The number of nitrogens with one attached hydrogen (secondary N) is 1. The van der Waals surface area contributed by atoms with Crippen molar-refractivity contribution in [3.8, 4) is 5.75 Å². The predicted molar refractivity (Wildman–Crippen MR) is 94.3 cm³/mol. The largest absolute Gasteiger partial charge is 0.492 e. The summed E-state index contributed by atoms with van der Waals surface area (Å²) in [5.74, 6) is 0.921. The van der Waals surface area contributed by atoms with Crippen LogP contribution in [0, 0.1) is 0 Å². The van der Waals surface area contributed by atoms with Crippen molar-refractivity contribution in [2.75, 3.05) is 37.7 Å². The van der Waals surface area contributed by atoms with Gasteiger partial charge in [0.25, 0.3) is 0 Å². The molecule has 0 aromatic heterocycles. The Morgan fingerprint density at radius 3 is 2.39 bits per heavy atom. The molecule has 1 aliphatic heterocycles. The summed E-state index contributed by atoms with van der Waals surface area (Å²) in [5, 5.41) is 3.12. The third-order valence-electron chi connectivity index (χ3n) is 4.39. The number of anilines is 1. The van der Waals surface area contributed by atoms with E-state index in [0.29, 0.717) is 6.61 Å². The number of ether oxygens (including phenoxy) is 1. The third-order valence-corrected chi connectivity index (χ3v) is 4.39. The maximum absolute atomic E-state index is 12.3. The van der Waals surface area contributed by atoms with Crippen LogP contribution in [-0.2, 0) is 0 Å². The van der Waals surface area contributed by atoms with Gasteiger partial charge >= 0.3 is 6.03 Å². The fraction of sp³-hybridized carbons (Fsp3) is 0.611. The second kappa shape index (κ2) is 8.65. The Morgan fingerprint density at radius 1 is 1.13 bits per heavy atom. The number of piperazine rings is 1. The number of para-hydroxylation sites is 2. The molecule has 0 unspecified atom stereocenters. The summed E-state index contributed by atoms with van der Waals surface area (Å²) in [4.78, 5) is 16.5. The SMILES string of the molecule is CCOc1ccccc1N1CCN(C(=O)NC(CC)CC)CC1. The summed E-state index contributed by atoms with van der Waals surface area (Å²) in [7, 11) is 0. The Hall–Kier alpha value is -1.91. The Labute approximate surface area is 139 Å². The van der Waals surface area contributed by atoms with Gasteiger partial charge in [-0.05, 0) is 31.9 Å². The molecule has 2 rings (SSSR count). The van der Waals surface area contributed by atoms with Crippen LogP contribution in [0.25, 0.3) is 0 Å². The normalized spacial score (nSPS) is 15.0. The lowest BCUT2D eigenvalue weighted by Gasteiger charge is -2.37. The Balaban J connectivity index is 1.92. The molecule has 0 spiro atoms. The number of urea groups is 1.